The molecule has 0 aromatic heterocycles. The molecule has 0 amide bonds. The van der Waals surface area contributed by atoms with Crippen LogP contribution >= 0.6 is 0 Å². The molecule has 1 N–H and O–H groups in total. The lowest BCUT2D eigenvalue weighted by atomic mass is 9.80. The van der Waals surface area contributed by atoms with E-state index in [1.165, 1.54) is 51.4 Å². The monoisotopic (exact) mass is 181 g/mol. The quantitative estimate of drug-likeness (QED) is 0.705. The highest BCUT2D eigenvalue weighted by atomic mass is 15.0. The summed E-state index contributed by atoms with van der Waals surface area (Å²) in [5, 5.41) is 3.72. The SMILES string of the molecule is CC1CCCC(CCC2CCC2)N1. The smallest absolute Gasteiger partial charge is 0.00696 e. The van der Waals surface area contributed by atoms with Gasteiger partial charge in [-0.1, -0.05) is 25.7 Å². The Morgan fingerprint density at radius 1 is 1.00 bits per heavy atom. The van der Waals surface area contributed by atoms with Gasteiger partial charge in [-0.15, -0.1) is 0 Å². The first-order valence-electron chi connectivity index (χ1n) is 6.10. The molecule has 2 rings (SSSR count). The van der Waals surface area contributed by atoms with Gasteiger partial charge in [-0.3, -0.25) is 0 Å². The predicted octanol–water partition coefficient (Wildman–Crippen LogP) is 3.10. The van der Waals surface area contributed by atoms with Crippen LogP contribution in [0.4, 0.5) is 0 Å². The molecule has 1 saturated carbocycles. The third-order valence-corrected chi connectivity index (χ3v) is 3.86. The highest BCUT2D eigenvalue weighted by Crippen LogP contribution is 2.31. The van der Waals surface area contributed by atoms with Crippen molar-refractivity contribution in [1.29, 1.82) is 0 Å². The van der Waals surface area contributed by atoms with E-state index in [4.69, 9.17) is 0 Å². The summed E-state index contributed by atoms with van der Waals surface area (Å²) in [5.74, 6) is 1.10. The minimum Gasteiger partial charge on any atom is -0.312 e. The van der Waals surface area contributed by atoms with Gasteiger partial charge in [-0.25, -0.2) is 0 Å². The molecule has 1 aliphatic carbocycles. The minimum atomic E-state index is 0.778. The summed E-state index contributed by atoms with van der Waals surface area (Å²) in [5.41, 5.74) is 0. The normalized spacial score (nSPS) is 35.8. The number of hydrogen-bond donors (Lipinski definition) is 1. The Bertz CT molecular complexity index is 151. The first-order chi connectivity index (χ1) is 6.34. The average Bonchev–Trinajstić information content (AvgIpc) is 2.01. The minimum absolute atomic E-state index is 0.778. The third kappa shape index (κ3) is 2.70. The summed E-state index contributed by atoms with van der Waals surface area (Å²) in [4.78, 5) is 0. The van der Waals surface area contributed by atoms with Crippen molar-refractivity contribution in [2.24, 2.45) is 5.92 Å². The highest BCUT2D eigenvalue weighted by Gasteiger charge is 2.21. The zero-order valence-electron chi connectivity index (χ0n) is 8.89. The van der Waals surface area contributed by atoms with Crippen LogP contribution in [0.1, 0.15) is 58.3 Å². The highest BCUT2D eigenvalue weighted by molar-refractivity contribution is 4.79. The van der Waals surface area contributed by atoms with Gasteiger partial charge in [-0.2, -0.15) is 0 Å². The van der Waals surface area contributed by atoms with Gasteiger partial charge in [0.2, 0.25) is 0 Å². The number of piperidine rings is 1. The summed E-state index contributed by atoms with van der Waals surface area (Å²) < 4.78 is 0. The molecule has 0 spiro atoms. The summed E-state index contributed by atoms with van der Waals surface area (Å²) in [6, 6.07) is 1.63. The van der Waals surface area contributed by atoms with Crippen molar-refractivity contribution in [2.75, 3.05) is 0 Å². The molecule has 2 aliphatic rings. The van der Waals surface area contributed by atoms with Gasteiger partial charge >= 0.3 is 0 Å². The van der Waals surface area contributed by atoms with Gasteiger partial charge in [0, 0.05) is 12.1 Å². The van der Waals surface area contributed by atoms with Crippen molar-refractivity contribution in [3.8, 4) is 0 Å². The van der Waals surface area contributed by atoms with Crippen LogP contribution in [0.3, 0.4) is 0 Å². The zero-order valence-corrected chi connectivity index (χ0v) is 8.89. The van der Waals surface area contributed by atoms with E-state index in [0.29, 0.717) is 0 Å². The molecular formula is C12H23N. The van der Waals surface area contributed by atoms with E-state index in [-0.39, 0.29) is 0 Å². The Labute approximate surface area is 82.3 Å². The maximum atomic E-state index is 3.72. The first kappa shape index (κ1) is 9.51. The van der Waals surface area contributed by atoms with Crippen molar-refractivity contribution < 1.29 is 0 Å². The number of nitrogens with one attached hydrogen (secondary N) is 1. The van der Waals surface area contributed by atoms with Crippen molar-refractivity contribution >= 4 is 0 Å². The van der Waals surface area contributed by atoms with Crippen molar-refractivity contribution in [1.82, 2.24) is 5.32 Å². The van der Waals surface area contributed by atoms with Crippen LogP contribution in [0.2, 0.25) is 0 Å². The number of rotatable bonds is 3. The summed E-state index contributed by atoms with van der Waals surface area (Å²) in [7, 11) is 0. The molecule has 1 heterocycles. The van der Waals surface area contributed by atoms with E-state index >= 15 is 0 Å². The van der Waals surface area contributed by atoms with E-state index in [1.807, 2.05) is 0 Å². The lowest BCUT2D eigenvalue weighted by Gasteiger charge is -2.32. The van der Waals surface area contributed by atoms with Crippen LogP contribution in [0.15, 0.2) is 0 Å². The van der Waals surface area contributed by atoms with Crippen molar-refractivity contribution in [3.05, 3.63) is 0 Å². The van der Waals surface area contributed by atoms with Gasteiger partial charge in [0.15, 0.2) is 0 Å². The molecule has 0 aromatic rings. The second-order valence-electron chi connectivity index (χ2n) is 5.07. The van der Waals surface area contributed by atoms with Gasteiger partial charge < -0.3 is 5.32 Å². The summed E-state index contributed by atoms with van der Waals surface area (Å²) in [6.45, 7) is 2.33. The second-order valence-corrected chi connectivity index (χ2v) is 5.07. The Hall–Kier alpha value is -0.0400. The molecule has 1 saturated heterocycles. The summed E-state index contributed by atoms with van der Waals surface area (Å²) >= 11 is 0. The summed E-state index contributed by atoms with van der Waals surface area (Å²) in [6.07, 6.45) is 11.7. The lowest BCUT2D eigenvalue weighted by Crippen LogP contribution is -2.40. The van der Waals surface area contributed by atoms with Gasteiger partial charge in [-0.05, 0) is 38.5 Å². The fourth-order valence-electron chi connectivity index (χ4n) is 2.69. The van der Waals surface area contributed by atoms with Crippen molar-refractivity contribution in [3.63, 3.8) is 0 Å². The Morgan fingerprint density at radius 3 is 2.38 bits per heavy atom. The largest absolute Gasteiger partial charge is 0.312 e. The van der Waals surface area contributed by atoms with Crippen LogP contribution in [0.5, 0.6) is 0 Å². The van der Waals surface area contributed by atoms with E-state index in [1.54, 1.807) is 0 Å². The van der Waals surface area contributed by atoms with E-state index in [2.05, 4.69) is 12.2 Å². The standard InChI is InChI=1S/C12H23N/c1-10-4-2-7-12(13-10)9-8-11-5-3-6-11/h10-13H,2-9H2,1H3. The molecule has 1 aliphatic heterocycles. The fraction of sp³-hybridized carbons (Fsp3) is 1.00. The van der Waals surface area contributed by atoms with Crippen molar-refractivity contribution in [2.45, 2.75) is 70.4 Å². The Morgan fingerprint density at radius 2 is 1.77 bits per heavy atom. The van der Waals surface area contributed by atoms with Crippen LogP contribution in [-0.2, 0) is 0 Å². The lowest BCUT2D eigenvalue weighted by molar-refractivity contribution is 0.249. The molecule has 13 heavy (non-hydrogen) atoms. The van der Waals surface area contributed by atoms with E-state index in [9.17, 15) is 0 Å². The molecule has 76 valence electrons. The predicted molar refractivity (Wildman–Crippen MR) is 56.8 cm³/mol. The molecule has 1 heteroatoms. The van der Waals surface area contributed by atoms with E-state index < -0.39 is 0 Å². The van der Waals surface area contributed by atoms with Crippen LogP contribution in [0, 0.1) is 5.92 Å². The molecule has 0 aromatic carbocycles. The maximum absolute atomic E-state index is 3.72. The van der Waals surface area contributed by atoms with Gasteiger partial charge in [0.05, 0.1) is 0 Å². The van der Waals surface area contributed by atoms with Crippen LogP contribution in [-0.4, -0.2) is 12.1 Å². The van der Waals surface area contributed by atoms with Gasteiger partial charge in [0.25, 0.3) is 0 Å². The first-order valence-corrected chi connectivity index (χ1v) is 6.10. The van der Waals surface area contributed by atoms with Crippen LogP contribution < -0.4 is 5.32 Å². The number of hydrogen-bond acceptors (Lipinski definition) is 1. The zero-order chi connectivity index (χ0) is 9.10. The molecule has 0 radical (unpaired) electrons. The fourth-order valence-corrected chi connectivity index (χ4v) is 2.69. The molecule has 2 unspecified atom stereocenters. The topological polar surface area (TPSA) is 12.0 Å². The Kier molecular flexibility index (Phi) is 3.26. The third-order valence-electron chi connectivity index (χ3n) is 3.86. The molecule has 2 atom stereocenters. The van der Waals surface area contributed by atoms with Gasteiger partial charge in [0.1, 0.15) is 0 Å². The Balaban J connectivity index is 1.62. The molecule has 1 nitrogen and oxygen atoms in total. The second kappa shape index (κ2) is 4.45. The maximum Gasteiger partial charge on any atom is 0.00696 e. The molecule has 0 bridgehead atoms. The van der Waals surface area contributed by atoms with E-state index in [0.717, 1.165) is 18.0 Å². The molecular weight excluding hydrogens is 158 g/mol. The van der Waals surface area contributed by atoms with Crippen LogP contribution in [0.25, 0.3) is 0 Å². The molecule has 2 fully saturated rings. The average molecular weight is 181 g/mol.